The quantitative estimate of drug-likeness (QED) is 0.840. The first kappa shape index (κ1) is 11.4. The Morgan fingerprint density at radius 1 is 1.69 bits per heavy atom. The van der Waals surface area contributed by atoms with Crippen LogP contribution < -0.4 is 0 Å². The van der Waals surface area contributed by atoms with Crippen LogP contribution in [0.2, 0.25) is 0 Å². The van der Waals surface area contributed by atoms with E-state index in [2.05, 4.69) is 22.1 Å². The van der Waals surface area contributed by atoms with Crippen molar-refractivity contribution in [2.75, 3.05) is 18.8 Å². The maximum Gasteiger partial charge on any atom is 0.293 e. The van der Waals surface area contributed by atoms with E-state index in [-0.39, 0.29) is 5.91 Å². The number of hydrogen-bond acceptors (Lipinski definition) is 4. The molecule has 0 radical (unpaired) electrons. The average molecular weight is 240 g/mol. The minimum atomic E-state index is -0.0527. The highest BCUT2D eigenvalue weighted by Gasteiger charge is 2.25. The first-order valence-electron chi connectivity index (χ1n) is 5.50. The summed E-state index contributed by atoms with van der Waals surface area (Å²) in [4.78, 5) is 18.0. The van der Waals surface area contributed by atoms with E-state index in [1.54, 1.807) is 6.92 Å². The molecule has 0 aliphatic carbocycles. The Bertz CT molecular complexity index is 379. The van der Waals surface area contributed by atoms with Crippen molar-refractivity contribution in [2.45, 2.75) is 25.5 Å². The van der Waals surface area contributed by atoms with Crippen LogP contribution in [0.4, 0.5) is 0 Å². The third-order valence-corrected chi connectivity index (χ3v) is 4.04. The van der Waals surface area contributed by atoms with Gasteiger partial charge in [0.15, 0.2) is 0 Å². The number of aromatic amines is 1. The predicted molar refractivity (Wildman–Crippen MR) is 63.6 cm³/mol. The second kappa shape index (κ2) is 4.86. The lowest BCUT2D eigenvalue weighted by Gasteiger charge is -2.31. The zero-order valence-electron chi connectivity index (χ0n) is 9.56. The molecule has 88 valence electrons. The average Bonchev–Trinajstić information content (AvgIpc) is 2.75. The van der Waals surface area contributed by atoms with Gasteiger partial charge < -0.3 is 4.90 Å². The van der Waals surface area contributed by atoms with Gasteiger partial charge in [0.25, 0.3) is 5.91 Å². The summed E-state index contributed by atoms with van der Waals surface area (Å²) in [7, 11) is 0. The number of carbonyl (C=O) groups excluding carboxylic acids is 1. The molecule has 1 unspecified atom stereocenters. The molecule has 0 bridgehead atoms. The maximum atomic E-state index is 12.0. The molecule has 1 saturated heterocycles. The number of hydrogen-bond donors (Lipinski definition) is 1. The fourth-order valence-electron chi connectivity index (χ4n) is 1.73. The summed E-state index contributed by atoms with van der Waals surface area (Å²) in [5.41, 5.74) is 0. The third-order valence-electron chi connectivity index (χ3n) is 2.67. The lowest BCUT2D eigenvalue weighted by Crippen LogP contribution is -2.42. The molecule has 6 heteroatoms. The van der Waals surface area contributed by atoms with Gasteiger partial charge in [-0.15, -0.1) is 5.10 Å². The highest BCUT2D eigenvalue weighted by Crippen LogP contribution is 2.21. The van der Waals surface area contributed by atoms with Crippen LogP contribution in [0.1, 0.15) is 29.8 Å². The molecular weight excluding hydrogens is 224 g/mol. The molecular formula is C10H16N4OS. The van der Waals surface area contributed by atoms with Gasteiger partial charge >= 0.3 is 0 Å². The Morgan fingerprint density at radius 2 is 2.50 bits per heavy atom. The van der Waals surface area contributed by atoms with E-state index >= 15 is 0 Å². The molecule has 1 aromatic rings. The molecule has 1 fully saturated rings. The van der Waals surface area contributed by atoms with E-state index in [4.69, 9.17) is 0 Å². The summed E-state index contributed by atoms with van der Waals surface area (Å²) < 4.78 is 0. The molecule has 1 N–H and O–H groups in total. The standard InChI is InChI=1S/C10H16N4OS/c1-3-8-6-14(4-5-16-8)10(15)9-11-7(2)12-13-9/h8H,3-6H2,1-2H3,(H,11,12,13). The van der Waals surface area contributed by atoms with E-state index in [0.29, 0.717) is 16.9 Å². The van der Waals surface area contributed by atoms with Crippen molar-refractivity contribution in [3.63, 3.8) is 0 Å². The molecule has 1 aliphatic rings. The number of rotatable bonds is 2. The Hall–Kier alpha value is -1.04. The predicted octanol–water partition coefficient (Wildman–Crippen LogP) is 1.08. The van der Waals surface area contributed by atoms with Gasteiger partial charge in [0, 0.05) is 24.1 Å². The number of nitrogens with zero attached hydrogens (tertiary/aromatic N) is 3. The Morgan fingerprint density at radius 3 is 3.12 bits per heavy atom. The molecule has 16 heavy (non-hydrogen) atoms. The summed E-state index contributed by atoms with van der Waals surface area (Å²) in [6.07, 6.45) is 1.10. The van der Waals surface area contributed by atoms with Crippen LogP contribution >= 0.6 is 11.8 Å². The van der Waals surface area contributed by atoms with Crippen LogP contribution in [-0.4, -0.2) is 50.1 Å². The molecule has 1 aliphatic heterocycles. The largest absolute Gasteiger partial charge is 0.334 e. The molecule has 2 heterocycles. The lowest BCUT2D eigenvalue weighted by molar-refractivity contribution is 0.0749. The normalized spacial score (nSPS) is 21.1. The van der Waals surface area contributed by atoms with Crippen molar-refractivity contribution in [1.82, 2.24) is 20.1 Å². The lowest BCUT2D eigenvalue weighted by atomic mass is 10.3. The number of aromatic nitrogens is 3. The summed E-state index contributed by atoms with van der Waals surface area (Å²) in [5, 5.41) is 7.16. The van der Waals surface area contributed by atoms with E-state index in [1.807, 2.05) is 16.7 Å². The van der Waals surface area contributed by atoms with Gasteiger partial charge in [0.05, 0.1) is 0 Å². The van der Waals surface area contributed by atoms with Crippen molar-refractivity contribution < 1.29 is 4.79 Å². The van der Waals surface area contributed by atoms with Crippen LogP contribution in [0.5, 0.6) is 0 Å². The molecule has 5 nitrogen and oxygen atoms in total. The second-order valence-corrected chi connectivity index (χ2v) is 5.30. The van der Waals surface area contributed by atoms with Gasteiger partial charge in [-0.2, -0.15) is 11.8 Å². The summed E-state index contributed by atoms with van der Waals surface area (Å²) in [6.45, 7) is 5.56. The van der Waals surface area contributed by atoms with Gasteiger partial charge in [-0.25, -0.2) is 4.98 Å². The van der Waals surface area contributed by atoms with Crippen LogP contribution in [0.15, 0.2) is 0 Å². The zero-order chi connectivity index (χ0) is 11.5. The summed E-state index contributed by atoms with van der Waals surface area (Å²) in [5.74, 6) is 1.93. The molecule has 2 rings (SSSR count). The topological polar surface area (TPSA) is 61.9 Å². The van der Waals surface area contributed by atoms with Gasteiger partial charge in [-0.1, -0.05) is 6.92 Å². The highest BCUT2D eigenvalue weighted by atomic mass is 32.2. The fourth-order valence-corrected chi connectivity index (χ4v) is 2.91. The molecule has 1 aromatic heterocycles. The van der Waals surface area contributed by atoms with E-state index in [9.17, 15) is 4.79 Å². The third kappa shape index (κ3) is 2.37. The van der Waals surface area contributed by atoms with Crippen molar-refractivity contribution in [3.05, 3.63) is 11.6 Å². The number of nitrogens with one attached hydrogen (secondary N) is 1. The smallest absolute Gasteiger partial charge is 0.293 e. The zero-order valence-corrected chi connectivity index (χ0v) is 10.4. The Balaban J connectivity index is 2.04. The number of aryl methyl sites for hydroxylation is 1. The van der Waals surface area contributed by atoms with E-state index in [1.165, 1.54) is 0 Å². The van der Waals surface area contributed by atoms with Gasteiger partial charge in [-0.05, 0) is 13.3 Å². The van der Waals surface area contributed by atoms with Crippen LogP contribution in [0.25, 0.3) is 0 Å². The Labute approximate surface area is 99.0 Å². The monoisotopic (exact) mass is 240 g/mol. The molecule has 0 aromatic carbocycles. The van der Waals surface area contributed by atoms with Crippen molar-refractivity contribution >= 4 is 17.7 Å². The SMILES string of the molecule is CCC1CN(C(=O)c2n[nH]c(C)n2)CCS1. The van der Waals surface area contributed by atoms with Crippen LogP contribution in [0, 0.1) is 6.92 Å². The first-order chi connectivity index (χ1) is 7.70. The number of thioether (sulfide) groups is 1. The minimum absolute atomic E-state index is 0.0527. The summed E-state index contributed by atoms with van der Waals surface area (Å²) >= 11 is 1.94. The van der Waals surface area contributed by atoms with Gasteiger partial charge in [0.1, 0.15) is 5.82 Å². The van der Waals surface area contributed by atoms with Gasteiger partial charge in [-0.3, -0.25) is 9.89 Å². The second-order valence-electron chi connectivity index (χ2n) is 3.90. The summed E-state index contributed by atoms with van der Waals surface area (Å²) in [6, 6.07) is 0. The number of amides is 1. The highest BCUT2D eigenvalue weighted by molar-refractivity contribution is 8.00. The van der Waals surface area contributed by atoms with E-state index < -0.39 is 0 Å². The Kier molecular flexibility index (Phi) is 3.48. The van der Waals surface area contributed by atoms with Crippen molar-refractivity contribution in [3.8, 4) is 0 Å². The van der Waals surface area contributed by atoms with Gasteiger partial charge in [0.2, 0.25) is 5.82 Å². The number of H-pyrrole nitrogens is 1. The first-order valence-corrected chi connectivity index (χ1v) is 6.55. The fraction of sp³-hybridized carbons (Fsp3) is 0.700. The van der Waals surface area contributed by atoms with E-state index in [0.717, 1.165) is 25.3 Å². The van der Waals surface area contributed by atoms with Crippen LogP contribution in [-0.2, 0) is 0 Å². The molecule has 0 saturated carbocycles. The maximum absolute atomic E-state index is 12.0. The van der Waals surface area contributed by atoms with Crippen molar-refractivity contribution in [1.29, 1.82) is 0 Å². The molecule has 1 atom stereocenters. The van der Waals surface area contributed by atoms with Crippen molar-refractivity contribution in [2.24, 2.45) is 0 Å². The molecule has 0 spiro atoms. The minimum Gasteiger partial charge on any atom is -0.334 e. The number of carbonyl (C=O) groups is 1. The molecule has 1 amide bonds. The van der Waals surface area contributed by atoms with Crippen LogP contribution in [0.3, 0.4) is 0 Å².